The van der Waals surface area contributed by atoms with Crippen LogP contribution < -0.4 is 10.5 Å². The molecule has 0 unspecified atom stereocenters. The van der Waals surface area contributed by atoms with E-state index >= 15 is 0 Å². The van der Waals surface area contributed by atoms with E-state index in [-0.39, 0.29) is 11.0 Å². The van der Waals surface area contributed by atoms with E-state index in [1.165, 1.54) is 0 Å². The highest BCUT2D eigenvalue weighted by Crippen LogP contribution is 2.27. The molecule has 2 aromatic rings. The van der Waals surface area contributed by atoms with Gasteiger partial charge in [-0.25, -0.2) is 4.98 Å². The van der Waals surface area contributed by atoms with E-state index in [9.17, 15) is 0 Å². The van der Waals surface area contributed by atoms with Crippen LogP contribution in [0.3, 0.4) is 0 Å². The number of hydrogen-bond acceptors (Lipinski definition) is 4. The molecule has 0 radical (unpaired) electrons. The monoisotopic (exact) mass is 309 g/mol. The van der Waals surface area contributed by atoms with E-state index in [1.54, 1.807) is 18.3 Å². The summed E-state index contributed by atoms with van der Waals surface area (Å²) in [5.74, 6) is 0.632. The third kappa shape index (κ3) is 2.98. The van der Waals surface area contributed by atoms with Crippen molar-refractivity contribution in [3.8, 4) is 11.8 Å². The minimum absolute atomic E-state index is 0.210. The zero-order valence-electron chi connectivity index (χ0n) is 8.63. The van der Waals surface area contributed by atoms with E-state index < -0.39 is 0 Å². The van der Waals surface area contributed by atoms with Gasteiger partial charge in [0.2, 0.25) is 0 Å². The summed E-state index contributed by atoms with van der Waals surface area (Å²) in [5.41, 5.74) is 5.97. The van der Waals surface area contributed by atoms with Crippen molar-refractivity contribution in [1.29, 1.82) is 0 Å². The summed E-state index contributed by atoms with van der Waals surface area (Å²) >= 11 is 8.20. The standard InChI is InChI=1S/C11H8BrN3OS/c12-7-3-1-2-4-9(7)16-11-14-6-5-8(15-11)10(13)17/h1-6H,(H2,13,17). The summed E-state index contributed by atoms with van der Waals surface area (Å²) in [4.78, 5) is 8.29. The van der Waals surface area contributed by atoms with Gasteiger partial charge in [0.1, 0.15) is 16.4 Å². The van der Waals surface area contributed by atoms with Gasteiger partial charge in [-0.15, -0.1) is 0 Å². The maximum Gasteiger partial charge on any atom is 0.322 e. The highest BCUT2D eigenvalue weighted by molar-refractivity contribution is 9.10. The van der Waals surface area contributed by atoms with Gasteiger partial charge in [-0.2, -0.15) is 4.98 Å². The fourth-order valence-corrected chi connectivity index (χ4v) is 1.63. The minimum Gasteiger partial charge on any atom is -0.423 e. The number of thiocarbonyl (C=S) groups is 1. The Morgan fingerprint density at radius 2 is 2.06 bits per heavy atom. The van der Waals surface area contributed by atoms with Crippen molar-refractivity contribution in [3.05, 3.63) is 46.7 Å². The van der Waals surface area contributed by atoms with Crippen LogP contribution in [0.2, 0.25) is 0 Å². The van der Waals surface area contributed by atoms with Crippen molar-refractivity contribution in [2.45, 2.75) is 0 Å². The smallest absolute Gasteiger partial charge is 0.322 e. The zero-order chi connectivity index (χ0) is 12.3. The Morgan fingerprint density at radius 1 is 1.29 bits per heavy atom. The predicted molar refractivity (Wildman–Crippen MR) is 72.1 cm³/mol. The molecule has 4 nitrogen and oxygen atoms in total. The van der Waals surface area contributed by atoms with Gasteiger partial charge in [0, 0.05) is 6.20 Å². The van der Waals surface area contributed by atoms with Crippen LogP contribution in [-0.2, 0) is 0 Å². The highest BCUT2D eigenvalue weighted by Gasteiger charge is 2.06. The van der Waals surface area contributed by atoms with Crippen LogP contribution in [0.25, 0.3) is 0 Å². The third-order valence-corrected chi connectivity index (χ3v) is 2.79. The number of benzene rings is 1. The molecule has 0 spiro atoms. The van der Waals surface area contributed by atoms with Crippen LogP contribution >= 0.6 is 28.1 Å². The second kappa shape index (κ2) is 5.20. The molecule has 2 N–H and O–H groups in total. The Balaban J connectivity index is 2.28. The van der Waals surface area contributed by atoms with Crippen LogP contribution in [0, 0.1) is 0 Å². The molecule has 86 valence electrons. The molecule has 6 heteroatoms. The number of nitrogens with zero attached hydrogens (tertiary/aromatic N) is 2. The lowest BCUT2D eigenvalue weighted by molar-refractivity contribution is 0.439. The molecule has 0 fully saturated rings. The number of rotatable bonds is 3. The highest BCUT2D eigenvalue weighted by atomic mass is 79.9. The van der Waals surface area contributed by atoms with Gasteiger partial charge in [-0.05, 0) is 34.1 Å². The number of halogens is 1. The summed E-state index contributed by atoms with van der Waals surface area (Å²) < 4.78 is 6.34. The van der Waals surface area contributed by atoms with E-state index in [4.69, 9.17) is 22.7 Å². The number of hydrogen-bond donors (Lipinski definition) is 1. The molecule has 0 atom stereocenters. The summed E-state index contributed by atoms with van der Waals surface area (Å²) in [5, 5.41) is 0. The largest absolute Gasteiger partial charge is 0.423 e. The molecule has 1 aromatic heterocycles. The van der Waals surface area contributed by atoms with Gasteiger partial charge in [0.15, 0.2) is 0 Å². The normalized spacial score (nSPS) is 9.94. The average molecular weight is 310 g/mol. The summed E-state index contributed by atoms with van der Waals surface area (Å²) in [6.07, 6.45) is 1.55. The summed E-state index contributed by atoms with van der Waals surface area (Å²) in [6, 6.07) is 9.27. The number of para-hydroxylation sites is 1. The van der Waals surface area contributed by atoms with Crippen molar-refractivity contribution in [2.24, 2.45) is 5.73 Å². The lowest BCUT2D eigenvalue weighted by atomic mass is 10.3. The molecule has 2 rings (SSSR count). The molecule has 1 heterocycles. The van der Waals surface area contributed by atoms with Crippen LogP contribution in [0.5, 0.6) is 11.8 Å². The quantitative estimate of drug-likeness (QED) is 0.883. The first-order valence-corrected chi connectivity index (χ1v) is 5.92. The molecule has 0 bridgehead atoms. The molecule has 0 aliphatic rings. The van der Waals surface area contributed by atoms with Gasteiger partial charge in [-0.3, -0.25) is 0 Å². The first-order valence-electron chi connectivity index (χ1n) is 4.72. The minimum atomic E-state index is 0.210. The van der Waals surface area contributed by atoms with E-state index in [2.05, 4.69) is 25.9 Å². The number of nitrogens with two attached hydrogens (primary N) is 1. The van der Waals surface area contributed by atoms with Crippen LogP contribution in [0.15, 0.2) is 41.0 Å². The zero-order valence-corrected chi connectivity index (χ0v) is 11.0. The van der Waals surface area contributed by atoms with Crippen molar-refractivity contribution in [2.75, 3.05) is 0 Å². The molecule has 1 aromatic carbocycles. The molecular formula is C11H8BrN3OS. The van der Waals surface area contributed by atoms with Crippen molar-refractivity contribution >= 4 is 33.1 Å². The number of ether oxygens (including phenoxy) is 1. The molecule has 17 heavy (non-hydrogen) atoms. The Morgan fingerprint density at radius 3 is 2.76 bits per heavy atom. The second-order valence-corrected chi connectivity index (χ2v) is 4.42. The molecular weight excluding hydrogens is 302 g/mol. The van der Waals surface area contributed by atoms with Crippen LogP contribution in [-0.4, -0.2) is 15.0 Å². The van der Waals surface area contributed by atoms with Gasteiger partial charge in [-0.1, -0.05) is 24.4 Å². The molecule has 0 aliphatic carbocycles. The number of aromatic nitrogens is 2. The maximum atomic E-state index is 5.52. The predicted octanol–water partition coefficient (Wildman–Crippen LogP) is 2.67. The van der Waals surface area contributed by atoms with Gasteiger partial charge >= 0.3 is 6.01 Å². The fourth-order valence-electron chi connectivity index (χ4n) is 1.15. The van der Waals surface area contributed by atoms with Crippen LogP contribution in [0.1, 0.15) is 5.69 Å². The first kappa shape index (κ1) is 11.9. The average Bonchev–Trinajstić information content (AvgIpc) is 2.32. The van der Waals surface area contributed by atoms with Gasteiger partial charge in [0.05, 0.1) is 4.47 Å². The summed E-state index contributed by atoms with van der Waals surface area (Å²) in [6.45, 7) is 0. The molecule has 0 saturated heterocycles. The van der Waals surface area contributed by atoms with Gasteiger partial charge in [0.25, 0.3) is 0 Å². The second-order valence-electron chi connectivity index (χ2n) is 3.12. The van der Waals surface area contributed by atoms with E-state index in [0.717, 1.165) is 4.47 Å². The van der Waals surface area contributed by atoms with Crippen molar-refractivity contribution in [3.63, 3.8) is 0 Å². The molecule has 0 amide bonds. The van der Waals surface area contributed by atoms with Crippen molar-refractivity contribution in [1.82, 2.24) is 9.97 Å². The Hall–Kier alpha value is -1.53. The molecule has 0 saturated carbocycles. The Kier molecular flexibility index (Phi) is 3.65. The van der Waals surface area contributed by atoms with Crippen LogP contribution in [0.4, 0.5) is 0 Å². The lowest BCUT2D eigenvalue weighted by Crippen LogP contribution is -2.12. The topological polar surface area (TPSA) is 61.0 Å². The maximum absolute atomic E-state index is 5.52. The van der Waals surface area contributed by atoms with E-state index in [0.29, 0.717) is 11.4 Å². The van der Waals surface area contributed by atoms with Crippen molar-refractivity contribution < 1.29 is 4.74 Å². The third-order valence-electron chi connectivity index (χ3n) is 1.92. The van der Waals surface area contributed by atoms with E-state index in [1.807, 2.05) is 18.2 Å². The van der Waals surface area contributed by atoms with Gasteiger partial charge < -0.3 is 10.5 Å². The lowest BCUT2D eigenvalue weighted by Gasteiger charge is -2.06. The fraction of sp³-hybridized carbons (Fsp3) is 0. The Bertz CT molecular complexity index is 562. The summed E-state index contributed by atoms with van der Waals surface area (Å²) in [7, 11) is 0. The Labute approximate surface area is 112 Å². The molecule has 0 aliphatic heterocycles. The first-order chi connectivity index (χ1) is 8.16. The SMILES string of the molecule is NC(=S)c1ccnc(Oc2ccccc2Br)n1.